The zero-order valence-corrected chi connectivity index (χ0v) is 8.64. The Hall–Kier alpha value is -2.57. The van der Waals surface area contributed by atoms with Gasteiger partial charge in [-0.3, -0.25) is 9.78 Å². The maximum atomic E-state index is 11.5. The quantitative estimate of drug-likeness (QED) is 0.671. The predicted octanol–water partition coefficient (Wildman–Crippen LogP) is 0.677. The van der Waals surface area contributed by atoms with Crippen LogP contribution in [0.25, 0.3) is 11.1 Å². The highest BCUT2D eigenvalue weighted by Crippen LogP contribution is 2.18. The fraction of sp³-hybridized carbons (Fsp3) is 0.100. The Morgan fingerprint density at radius 1 is 1.41 bits per heavy atom. The molecule has 0 aliphatic rings. The molecule has 3 N–H and O–H groups in total. The van der Waals surface area contributed by atoms with Crippen LogP contribution in [-0.2, 0) is 6.42 Å². The number of nitrogens with zero attached hydrogens (tertiary/aromatic N) is 2. The topological polar surface area (TPSA) is 111 Å². The molecule has 17 heavy (non-hydrogen) atoms. The smallest absolute Gasteiger partial charge is 0.295 e. The summed E-state index contributed by atoms with van der Waals surface area (Å²) in [7, 11) is 0. The summed E-state index contributed by atoms with van der Waals surface area (Å²) in [5, 5.41) is 0. The normalized spacial score (nSPS) is 11.1. The summed E-state index contributed by atoms with van der Waals surface area (Å²) in [4.78, 5) is 21.9. The van der Waals surface area contributed by atoms with E-state index in [-0.39, 0.29) is 11.5 Å². The largest absolute Gasteiger partial charge is 0.456 e. The van der Waals surface area contributed by atoms with Crippen LogP contribution < -0.4 is 11.3 Å². The van der Waals surface area contributed by atoms with Gasteiger partial charge in [-0.2, -0.15) is 0 Å². The van der Waals surface area contributed by atoms with Crippen molar-refractivity contribution >= 4 is 17.0 Å². The number of H-pyrrole nitrogens is 1. The molecule has 0 atom stereocenters. The summed E-state index contributed by atoms with van der Waals surface area (Å²) in [6.45, 7) is 0. The Balaban J connectivity index is 2.15. The number of oxazole rings is 1. The highest BCUT2D eigenvalue weighted by Gasteiger charge is 2.13. The Morgan fingerprint density at radius 2 is 2.29 bits per heavy atom. The van der Waals surface area contributed by atoms with Crippen molar-refractivity contribution in [3.8, 4) is 0 Å². The number of nitrogens with one attached hydrogen (secondary N) is 1. The lowest BCUT2D eigenvalue weighted by molar-refractivity contribution is 0.505. The van der Waals surface area contributed by atoms with Gasteiger partial charge in [-0.25, -0.2) is 9.97 Å². The summed E-state index contributed by atoms with van der Waals surface area (Å²) >= 11 is 0. The minimum Gasteiger partial charge on any atom is -0.456 e. The van der Waals surface area contributed by atoms with E-state index in [0.29, 0.717) is 23.4 Å². The lowest BCUT2D eigenvalue weighted by atomic mass is 10.2. The molecular weight excluding hydrogens is 224 g/mol. The minimum absolute atomic E-state index is 0.0533. The summed E-state index contributed by atoms with van der Waals surface area (Å²) < 4.78 is 10.3. The van der Waals surface area contributed by atoms with Gasteiger partial charge in [-0.1, -0.05) is 0 Å². The van der Waals surface area contributed by atoms with Crippen molar-refractivity contribution in [3.05, 3.63) is 40.5 Å². The molecule has 3 aromatic rings. The number of aromatic amines is 1. The second-order valence-corrected chi connectivity index (χ2v) is 3.49. The molecule has 0 saturated carbocycles. The molecule has 3 aromatic heterocycles. The zero-order valence-electron chi connectivity index (χ0n) is 8.64. The van der Waals surface area contributed by atoms with Crippen molar-refractivity contribution in [3.63, 3.8) is 0 Å². The Morgan fingerprint density at radius 3 is 3.06 bits per heavy atom. The third-order valence-electron chi connectivity index (χ3n) is 2.34. The van der Waals surface area contributed by atoms with Crippen LogP contribution in [0.5, 0.6) is 0 Å². The van der Waals surface area contributed by atoms with E-state index in [1.807, 2.05) is 0 Å². The van der Waals surface area contributed by atoms with Crippen molar-refractivity contribution in [2.75, 3.05) is 5.73 Å². The van der Waals surface area contributed by atoms with Gasteiger partial charge in [-0.05, 0) is 0 Å². The number of furan rings is 1. The van der Waals surface area contributed by atoms with E-state index in [2.05, 4.69) is 15.0 Å². The second-order valence-electron chi connectivity index (χ2n) is 3.49. The van der Waals surface area contributed by atoms with Crippen LogP contribution in [-0.4, -0.2) is 15.0 Å². The van der Waals surface area contributed by atoms with E-state index in [1.54, 1.807) is 6.20 Å². The Kier molecular flexibility index (Phi) is 1.97. The first-order chi connectivity index (χ1) is 8.24. The van der Waals surface area contributed by atoms with Gasteiger partial charge in [0.2, 0.25) is 11.5 Å². The van der Waals surface area contributed by atoms with Crippen molar-refractivity contribution in [1.29, 1.82) is 0 Å². The fourth-order valence-electron chi connectivity index (χ4n) is 1.62. The van der Waals surface area contributed by atoms with Crippen LogP contribution in [0.15, 0.2) is 32.4 Å². The molecule has 0 aliphatic carbocycles. The molecule has 0 fully saturated rings. The summed E-state index contributed by atoms with van der Waals surface area (Å²) in [6, 6.07) is 0. The number of aromatic nitrogens is 3. The monoisotopic (exact) mass is 232 g/mol. The van der Waals surface area contributed by atoms with Gasteiger partial charge >= 0.3 is 0 Å². The number of fused-ring (bicyclic) bond motifs is 1. The average molecular weight is 232 g/mol. The molecule has 3 heterocycles. The van der Waals surface area contributed by atoms with Crippen molar-refractivity contribution in [1.82, 2.24) is 15.0 Å². The van der Waals surface area contributed by atoms with E-state index in [0.717, 1.165) is 0 Å². The van der Waals surface area contributed by atoms with Gasteiger partial charge in [0, 0.05) is 5.56 Å². The molecule has 0 aromatic carbocycles. The summed E-state index contributed by atoms with van der Waals surface area (Å²) in [5.74, 6) is 0.575. The van der Waals surface area contributed by atoms with Crippen molar-refractivity contribution in [2.24, 2.45) is 0 Å². The Bertz CT molecular complexity index is 711. The first-order valence-electron chi connectivity index (χ1n) is 4.88. The number of anilines is 1. The molecule has 0 spiro atoms. The van der Waals surface area contributed by atoms with Gasteiger partial charge in [0.1, 0.15) is 11.8 Å². The van der Waals surface area contributed by atoms with Gasteiger partial charge in [0.15, 0.2) is 5.89 Å². The van der Waals surface area contributed by atoms with E-state index < -0.39 is 5.56 Å². The molecule has 7 nitrogen and oxygen atoms in total. The van der Waals surface area contributed by atoms with Crippen molar-refractivity contribution in [2.45, 2.75) is 6.42 Å². The third-order valence-corrected chi connectivity index (χ3v) is 2.34. The van der Waals surface area contributed by atoms with E-state index in [1.165, 1.54) is 12.5 Å². The predicted molar refractivity (Wildman–Crippen MR) is 58.4 cm³/mol. The maximum Gasteiger partial charge on any atom is 0.295 e. The van der Waals surface area contributed by atoms with Crippen LogP contribution in [0.3, 0.4) is 0 Å². The first-order valence-corrected chi connectivity index (χ1v) is 4.88. The molecule has 86 valence electrons. The number of rotatable bonds is 2. The van der Waals surface area contributed by atoms with Crippen LogP contribution in [0.4, 0.5) is 5.95 Å². The standard InChI is InChI=1S/C10H8N4O3/c11-10-13-7-5(3-6-12-1-2-16-6)4-17-8(7)9(15)14-10/h1-2,4H,3H2,(H3,11,13,14,15). The van der Waals surface area contributed by atoms with E-state index >= 15 is 0 Å². The molecule has 7 heteroatoms. The Labute approximate surface area is 94.3 Å². The lowest BCUT2D eigenvalue weighted by Gasteiger charge is -1.94. The highest BCUT2D eigenvalue weighted by molar-refractivity contribution is 5.76. The van der Waals surface area contributed by atoms with Crippen molar-refractivity contribution < 1.29 is 8.83 Å². The summed E-state index contributed by atoms with van der Waals surface area (Å²) in [6.07, 6.45) is 4.88. The molecule has 0 amide bonds. The molecule has 0 saturated heterocycles. The van der Waals surface area contributed by atoms with Crippen LogP contribution in [0.2, 0.25) is 0 Å². The number of hydrogen-bond donors (Lipinski definition) is 2. The molecule has 0 unspecified atom stereocenters. The van der Waals surface area contributed by atoms with E-state index in [4.69, 9.17) is 14.6 Å². The fourth-order valence-corrected chi connectivity index (χ4v) is 1.62. The maximum absolute atomic E-state index is 11.5. The van der Waals surface area contributed by atoms with Gasteiger partial charge < -0.3 is 14.6 Å². The van der Waals surface area contributed by atoms with Gasteiger partial charge in [0.05, 0.1) is 18.9 Å². The van der Waals surface area contributed by atoms with Gasteiger partial charge in [-0.15, -0.1) is 0 Å². The third kappa shape index (κ3) is 1.57. The number of hydrogen-bond acceptors (Lipinski definition) is 6. The van der Waals surface area contributed by atoms with Crippen LogP contribution >= 0.6 is 0 Å². The van der Waals surface area contributed by atoms with Crippen LogP contribution in [0.1, 0.15) is 11.5 Å². The lowest BCUT2D eigenvalue weighted by Crippen LogP contribution is -2.10. The highest BCUT2D eigenvalue weighted by atomic mass is 16.3. The molecule has 3 rings (SSSR count). The number of nitrogens with two attached hydrogens (primary N) is 1. The molecule has 0 bridgehead atoms. The zero-order chi connectivity index (χ0) is 11.8. The van der Waals surface area contributed by atoms with Gasteiger partial charge in [0.25, 0.3) is 5.56 Å². The first kappa shape index (κ1) is 9.64. The van der Waals surface area contributed by atoms with E-state index in [9.17, 15) is 4.79 Å². The van der Waals surface area contributed by atoms with Crippen LogP contribution in [0, 0.1) is 0 Å². The second kappa shape index (κ2) is 3.48. The molecule has 0 radical (unpaired) electrons. The SMILES string of the molecule is Nc1nc2c(Cc3ncco3)coc2c(=O)[nH]1. The number of nitrogen functional groups attached to an aromatic ring is 1. The minimum atomic E-state index is -0.397. The molecular formula is C10H8N4O3. The average Bonchev–Trinajstić information content (AvgIpc) is 2.89. The summed E-state index contributed by atoms with van der Waals surface area (Å²) in [5.41, 5.74) is 6.38. The molecule has 0 aliphatic heterocycles.